The minimum absolute atomic E-state index is 0.172. The van der Waals surface area contributed by atoms with Gasteiger partial charge in [-0.25, -0.2) is 0 Å². The molecule has 0 saturated carbocycles. The zero-order valence-electron chi connectivity index (χ0n) is 12.5. The zero-order valence-corrected chi connectivity index (χ0v) is 13.3. The lowest BCUT2D eigenvalue weighted by Crippen LogP contribution is -2.27. The maximum atomic E-state index is 12.3. The fourth-order valence-corrected chi connectivity index (χ4v) is 2.28. The molecule has 1 aromatic rings. The van der Waals surface area contributed by atoms with Crippen molar-refractivity contribution in [3.63, 3.8) is 0 Å². The molecule has 0 unspecified atom stereocenters. The number of ether oxygens (including phenoxy) is 1. The Hall–Kier alpha value is -0.910. The molecule has 1 aromatic carbocycles. The van der Waals surface area contributed by atoms with E-state index in [4.69, 9.17) is 11.6 Å². The highest BCUT2D eigenvalue weighted by Gasteiger charge is 2.10. The first-order valence-electron chi connectivity index (χ1n) is 7.23. The van der Waals surface area contributed by atoms with E-state index in [2.05, 4.69) is 28.8 Å². The van der Waals surface area contributed by atoms with Crippen LogP contribution in [0.2, 0.25) is 5.02 Å². The minimum Gasteiger partial charge on any atom is -0.434 e. The second-order valence-corrected chi connectivity index (χ2v) is 5.12. The molecule has 120 valence electrons. The van der Waals surface area contributed by atoms with Gasteiger partial charge in [-0.05, 0) is 50.8 Å². The first kappa shape index (κ1) is 18.1. The molecule has 0 aliphatic heterocycles. The number of benzene rings is 1. The minimum atomic E-state index is -2.83. The lowest BCUT2D eigenvalue weighted by atomic mass is 10.2. The molecule has 3 nitrogen and oxygen atoms in total. The van der Waals surface area contributed by atoms with E-state index in [1.165, 1.54) is 6.07 Å². The van der Waals surface area contributed by atoms with E-state index in [9.17, 15) is 8.78 Å². The Balaban J connectivity index is 2.42. The summed E-state index contributed by atoms with van der Waals surface area (Å²) in [6.07, 6.45) is 1.01. The Kier molecular flexibility index (Phi) is 8.57. The predicted octanol–water partition coefficient (Wildman–Crippen LogP) is 3.76. The van der Waals surface area contributed by atoms with Crippen LogP contribution >= 0.6 is 11.6 Å². The van der Waals surface area contributed by atoms with Gasteiger partial charge in [0.15, 0.2) is 0 Å². The number of halogens is 3. The van der Waals surface area contributed by atoms with E-state index < -0.39 is 6.61 Å². The van der Waals surface area contributed by atoms with Gasteiger partial charge in [-0.15, -0.1) is 0 Å². The first-order valence-corrected chi connectivity index (χ1v) is 7.60. The molecule has 0 radical (unpaired) electrons. The molecule has 0 aliphatic rings. The number of alkyl halides is 2. The Labute approximate surface area is 130 Å². The average Bonchev–Trinajstić information content (AvgIpc) is 2.45. The van der Waals surface area contributed by atoms with E-state index >= 15 is 0 Å². The molecule has 6 heteroatoms. The number of rotatable bonds is 10. The zero-order chi connectivity index (χ0) is 15.7. The molecule has 1 rings (SSSR count). The van der Waals surface area contributed by atoms with Crippen LogP contribution in [-0.4, -0.2) is 37.7 Å². The summed E-state index contributed by atoms with van der Waals surface area (Å²) in [7, 11) is 0. The molecular weight excluding hydrogens is 298 g/mol. The van der Waals surface area contributed by atoms with E-state index in [0.29, 0.717) is 17.1 Å². The van der Waals surface area contributed by atoms with Gasteiger partial charge in [-0.2, -0.15) is 8.78 Å². The molecule has 21 heavy (non-hydrogen) atoms. The van der Waals surface area contributed by atoms with Crippen LogP contribution in [0.1, 0.15) is 25.8 Å². The number of hydrogen-bond donors (Lipinski definition) is 1. The van der Waals surface area contributed by atoms with Gasteiger partial charge >= 0.3 is 6.61 Å². The molecule has 0 aliphatic carbocycles. The molecule has 0 atom stereocenters. The van der Waals surface area contributed by atoms with Crippen LogP contribution in [0.3, 0.4) is 0 Å². The van der Waals surface area contributed by atoms with Gasteiger partial charge in [0.05, 0.1) is 0 Å². The highest BCUT2D eigenvalue weighted by Crippen LogP contribution is 2.24. The van der Waals surface area contributed by atoms with Crippen LogP contribution < -0.4 is 10.1 Å². The summed E-state index contributed by atoms with van der Waals surface area (Å²) < 4.78 is 29.1. The summed E-state index contributed by atoms with van der Waals surface area (Å²) in [5.41, 5.74) is 0.644. The molecule has 0 spiro atoms. The molecule has 0 fully saturated rings. The van der Waals surface area contributed by atoms with Crippen molar-refractivity contribution in [3.05, 3.63) is 28.8 Å². The molecule has 1 N–H and O–H groups in total. The van der Waals surface area contributed by atoms with Gasteiger partial charge in [0.2, 0.25) is 0 Å². The van der Waals surface area contributed by atoms with Crippen molar-refractivity contribution in [3.8, 4) is 5.75 Å². The van der Waals surface area contributed by atoms with Crippen LogP contribution in [-0.2, 0) is 6.54 Å². The Morgan fingerprint density at radius 1 is 1.29 bits per heavy atom. The third-order valence-electron chi connectivity index (χ3n) is 3.28. The van der Waals surface area contributed by atoms with Crippen LogP contribution in [0.5, 0.6) is 5.75 Å². The van der Waals surface area contributed by atoms with Crippen molar-refractivity contribution in [2.75, 3.05) is 26.2 Å². The van der Waals surface area contributed by atoms with E-state index in [0.717, 1.165) is 32.6 Å². The molecular formula is C15H23ClF2N2O. The lowest BCUT2D eigenvalue weighted by Gasteiger charge is -2.18. The van der Waals surface area contributed by atoms with Crippen LogP contribution in [0.15, 0.2) is 18.2 Å². The summed E-state index contributed by atoms with van der Waals surface area (Å²) in [6.45, 7) is 5.82. The Morgan fingerprint density at radius 2 is 2.00 bits per heavy atom. The largest absolute Gasteiger partial charge is 0.434 e. The van der Waals surface area contributed by atoms with Crippen LogP contribution in [0, 0.1) is 0 Å². The smallest absolute Gasteiger partial charge is 0.387 e. The summed E-state index contributed by atoms with van der Waals surface area (Å²) in [4.78, 5) is 2.34. The Bertz CT molecular complexity index is 415. The van der Waals surface area contributed by atoms with Crippen molar-refractivity contribution in [2.45, 2.75) is 33.4 Å². The SMILES string of the molecule is CCN(CC)CCCNCc1cc(Cl)ccc1OC(F)F. The number of nitrogens with zero attached hydrogens (tertiary/aromatic N) is 1. The fourth-order valence-electron chi connectivity index (χ4n) is 2.09. The van der Waals surface area contributed by atoms with Gasteiger partial charge < -0.3 is 15.0 Å². The predicted molar refractivity (Wildman–Crippen MR) is 82.2 cm³/mol. The van der Waals surface area contributed by atoms with Crippen molar-refractivity contribution in [1.29, 1.82) is 0 Å². The van der Waals surface area contributed by atoms with Gasteiger partial charge in [0, 0.05) is 17.1 Å². The fraction of sp³-hybridized carbons (Fsp3) is 0.600. The quantitative estimate of drug-likeness (QED) is 0.664. The standard InChI is InChI=1S/C15H23ClF2N2O/c1-3-20(4-2)9-5-8-19-11-12-10-13(16)6-7-14(12)21-15(17)18/h6-7,10,15,19H,3-5,8-9,11H2,1-2H3. The van der Waals surface area contributed by atoms with Crippen molar-refractivity contribution >= 4 is 11.6 Å². The maximum absolute atomic E-state index is 12.3. The molecule has 0 heterocycles. The van der Waals surface area contributed by atoms with E-state index in [1.807, 2.05) is 0 Å². The van der Waals surface area contributed by atoms with Crippen molar-refractivity contribution in [2.24, 2.45) is 0 Å². The summed E-state index contributed by atoms with van der Waals surface area (Å²) in [6, 6.07) is 4.67. The number of nitrogens with one attached hydrogen (secondary N) is 1. The summed E-state index contributed by atoms with van der Waals surface area (Å²) in [5.74, 6) is 0.172. The van der Waals surface area contributed by atoms with Crippen molar-refractivity contribution < 1.29 is 13.5 Å². The van der Waals surface area contributed by atoms with Gasteiger partial charge in [0.25, 0.3) is 0 Å². The highest BCUT2D eigenvalue weighted by molar-refractivity contribution is 6.30. The van der Waals surface area contributed by atoms with E-state index in [1.54, 1.807) is 12.1 Å². The molecule has 0 bridgehead atoms. The van der Waals surface area contributed by atoms with E-state index in [-0.39, 0.29) is 5.75 Å². The third kappa shape index (κ3) is 7.07. The van der Waals surface area contributed by atoms with Gasteiger partial charge in [-0.1, -0.05) is 25.4 Å². The monoisotopic (exact) mass is 320 g/mol. The maximum Gasteiger partial charge on any atom is 0.387 e. The van der Waals surface area contributed by atoms with Gasteiger partial charge in [-0.3, -0.25) is 0 Å². The normalized spacial score (nSPS) is 11.4. The average molecular weight is 321 g/mol. The topological polar surface area (TPSA) is 24.5 Å². The number of hydrogen-bond acceptors (Lipinski definition) is 3. The lowest BCUT2D eigenvalue weighted by molar-refractivity contribution is -0.0504. The Morgan fingerprint density at radius 3 is 2.62 bits per heavy atom. The molecule has 0 saturated heterocycles. The third-order valence-corrected chi connectivity index (χ3v) is 3.51. The summed E-state index contributed by atoms with van der Waals surface area (Å²) >= 11 is 5.90. The van der Waals surface area contributed by atoms with Crippen LogP contribution in [0.25, 0.3) is 0 Å². The molecule has 0 aromatic heterocycles. The van der Waals surface area contributed by atoms with Crippen LogP contribution in [0.4, 0.5) is 8.78 Å². The highest BCUT2D eigenvalue weighted by atomic mass is 35.5. The second kappa shape index (κ2) is 9.92. The molecule has 0 amide bonds. The van der Waals surface area contributed by atoms with Crippen molar-refractivity contribution in [1.82, 2.24) is 10.2 Å². The second-order valence-electron chi connectivity index (χ2n) is 4.69. The first-order chi connectivity index (χ1) is 10.1. The summed E-state index contributed by atoms with van der Waals surface area (Å²) in [5, 5.41) is 3.75. The van der Waals surface area contributed by atoms with Gasteiger partial charge in [0.1, 0.15) is 5.75 Å².